The molecule has 7 heteroatoms. The number of anilines is 1. The van der Waals surface area contributed by atoms with Crippen LogP contribution in [0.25, 0.3) is 0 Å². The first-order chi connectivity index (χ1) is 8.54. The van der Waals surface area contributed by atoms with E-state index in [9.17, 15) is 14.9 Å². The van der Waals surface area contributed by atoms with Crippen LogP contribution in [0.3, 0.4) is 0 Å². The monoisotopic (exact) mass is 251 g/mol. The molecule has 1 amide bonds. The van der Waals surface area contributed by atoms with Crippen molar-refractivity contribution < 1.29 is 14.5 Å². The highest BCUT2D eigenvalue weighted by Gasteiger charge is 2.36. The zero-order valence-electron chi connectivity index (χ0n) is 10.1. The highest BCUT2D eigenvalue weighted by atomic mass is 16.6. The van der Waals surface area contributed by atoms with Gasteiger partial charge in [0.15, 0.2) is 11.9 Å². The molecule has 1 atom stereocenters. The molecule has 96 valence electrons. The van der Waals surface area contributed by atoms with Gasteiger partial charge >= 0.3 is 5.82 Å². The Balaban J connectivity index is 2.48. The Kier molecular flexibility index (Phi) is 3.14. The maximum absolute atomic E-state index is 12.0. The molecule has 1 aliphatic heterocycles. The second-order valence-corrected chi connectivity index (χ2v) is 4.00. The first-order valence-electron chi connectivity index (χ1n) is 5.68. The fourth-order valence-corrected chi connectivity index (χ4v) is 1.82. The second kappa shape index (κ2) is 4.59. The number of rotatable bonds is 3. The standard InChI is InChI=1S/C11H13N3O4/c1-3-6-13-10-8(18-7(2)11(13)15)4-5-9(12-10)14(16)17/h4-5,7H,3,6H2,1-2H3. The van der Waals surface area contributed by atoms with Gasteiger partial charge in [-0.15, -0.1) is 0 Å². The summed E-state index contributed by atoms with van der Waals surface area (Å²) in [5.41, 5.74) is 0. The lowest BCUT2D eigenvalue weighted by atomic mass is 10.2. The van der Waals surface area contributed by atoms with Gasteiger partial charge in [-0.3, -0.25) is 9.69 Å². The van der Waals surface area contributed by atoms with Gasteiger partial charge < -0.3 is 14.9 Å². The van der Waals surface area contributed by atoms with E-state index in [-0.39, 0.29) is 17.5 Å². The Hall–Kier alpha value is -2.18. The maximum atomic E-state index is 12.0. The highest BCUT2D eigenvalue weighted by molar-refractivity contribution is 5.98. The number of hydrogen-bond acceptors (Lipinski definition) is 5. The van der Waals surface area contributed by atoms with Crippen molar-refractivity contribution in [3.05, 3.63) is 22.2 Å². The highest BCUT2D eigenvalue weighted by Crippen LogP contribution is 2.33. The summed E-state index contributed by atoms with van der Waals surface area (Å²) in [7, 11) is 0. The molecule has 1 aliphatic rings. The Morgan fingerprint density at radius 1 is 1.56 bits per heavy atom. The summed E-state index contributed by atoms with van der Waals surface area (Å²) in [6.45, 7) is 4.04. The van der Waals surface area contributed by atoms with Crippen LogP contribution < -0.4 is 9.64 Å². The summed E-state index contributed by atoms with van der Waals surface area (Å²) in [5, 5.41) is 10.7. The van der Waals surface area contributed by atoms with Gasteiger partial charge in [-0.05, 0) is 29.3 Å². The van der Waals surface area contributed by atoms with Crippen LogP contribution in [0.15, 0.2) is 12.1 Å². The Morgan fingerprint density at radius 2 is 2.28 bits per heavy atom. The molecule has 0 bridgehead atoms. The molecule has 7 nitrogen and oxygen atoms in total. The van der Waals surface area contributed by atoms with Gasteiger partial charge in [0, 0.05) is 12.6 Å². The summed E-state index contributed by atoms with van der Waals surface area (Å²) in [5.74, 6) is 0.119. The summed E-state index contributed by atoms with van der Waals surface area (Å²) in [6, 6.07) is 2.75. The van der Waals surface area contributed by atoms with E-state index in [0.29, 0.717) is 12.3 Å². The molecule has 0 saturated carbocycles. The molecule has 1 aromatic rings. The van der Waals surface area contributed by atoms with Crippen molar-refractivity contribution in [1.29, 1.82) is 0 Å². The molecule has 0 saturated heterocycles. The third-order valence-corrected chi connectivity index (χ3v) is 2.63. The number of ether oxygens (including phenoxy) is 1. The summed E-state index contributed by atoms with van der Waals surface area (Å²) >= 11 is 0. The van der Waals surface area contributed by atoms with E-state index in [1.165, 1.54) is 17.0 Å². The van der Waals surface area contributed by atoms with E-state index in [1.54, 1.807) is 6.92 Å². The van der Waals surface area contributed by atoms with E-state index >= 15 is 0 Å². The van der Waals surface area contributed by atoms with Gasteiger partial charge in [0.2, 0.25) is 0 Å². The zero-order valence-corrected chi connectivity index (χ0v) is 10.1. The van der Waals surface area contributed by atoms with Crippen LogP contribution in [0, 0.1) is 10.1 Å². The Morgan fingerprint density at radius 3 is 2.89 bits per heavy atom. The van der Waals surface area contributed by atoms with Crippen molar-refractivity contribution >= 4 is 17.5 Å². The lowest BCUT2D eigenvalue weighted by Gasteiger charge is -2.29. The van der Waals surface area contributed by atoms with Crippen LogP contribution in [0.4, 0.5) is 11.6 Å². The van der Waals surface area contributed by atoms with Crippen LogP contribution in [-0.2, 0) is 4.79 Å². The zero-order chi connectivity index (χ0) is 13.3. The lowest BCUT2D eigenvalue weighted by Crippen LogP contribution is -2.45. The molecule has 1 aromatic heterocycles. The molecule has 0 spiro atoms. The molecule has 1 unspecified atom stereocenters. The molecular weight excluding hydrogens is 238 g/mol. The number of fused-ring (bicyclic) bond motifs is 1. The van der Waals surface area contributed by atoms with Crippen LogP contribution >= 0.6 is 0 Å². The van der Waals surface area contributed by atoms with E-state index in [0.717, 1.165) is 6.42 Å². The number of nitro groups is 1. The summed E-state index contributed by atoms with van der Waals surface area (Å²) in [4.78, 5) is 27.4. The Labute approximate surface area is 104 Å². The number of aromatic nitrogens is 1. The van der Waals surface area contributed by atoms with Crippen molar-refractivity contribution in [3.63, 3.8) is 0 Å². The SMILES string of the molecule is CCCN1C(=O)C(C)Oc2ccc([N+](=O)[O-])nc21. The topological polar surface area (TPSA) is 85.6 Å². The number of pyridine rings is 1. The minimum absolute atomic E-state index is 0.225. The third-order valence-electron chi connectivity index (χ3n) is 2.63. The van der Waals surface area contributed by atoms with E-state index in [1.807, 2.05) is 6.92 Å². The largest absolute Gasteiger partial charge is 0.475 e. The molecule has 0 fully saturated rings. The number of carbonyl (C=O) groups excluding carboxylic acids is 1. The van der Waals surface area contributed by atoms with Gasteiger partial charge in [-0.25, -0.2) is 0 Å². The quantitative estimate of drug-likeness (QED) is 0.600. The fourth-order valence-electron chi connectivity index (χ4n) is 1.82. The van der Waals surface area contributed by atoms with Crippen LogP contribution in [-0.4, -0.2) is 28.5 Å². The molecule has 0 radical (unpaired) electrons. The minimum Gasteiger partial charge on any atom is -0.475 e. The van der Waals surface area contributed by atoms with Gasteiger partial charge in [-0.2, -0.15) is 0 Å². The molecule has 18 heavy (non-hydrogen) atoms. The van der Waals surface area contributed by atoms with Crippen LogP contribution in [0.5, 0.6) is 5.75 Å². The molecular formula is C11H13N3O4. The van der Waals surface area contributed by atoms with Crippen molar-refractivity contribution in [1.82, 2.24) is 4.98 Å². The minimum atomic E-state index is -0.590. The van der Waals surface area contributed by atoms with Crippen LogP contribution in [0.2, 0.25) is 0 Å². The van der Waals surface area contributed by atoms with Crippen molar-refractivity contribution in [3.8, 4) is 5.75 Å². The lowest BCUT2D eigenvalue weighted by molar-refractivity contribution is -0.389. The van der Waals surface area contributed by atoms with Gasteiger partial charge in [0.1, 0.15) is 0 Å². The molecule has 0 aromatic carbocycles. The third kappa shape index (κ3) is 1.99. The average Bonchev–Trinajstić information content (AvgIpc) is 2.34. The van der Waals surface area contributed by atoms with E-state index in [2.05, 4.69) is 4.98 Å². The summed E-state index contributed by atoms with van der Waals surface area (Å²) < 4.78 is 5.38. The van der Waals surface area contributed by atoms with Crippen LogP contribution in [0.1, 0.15) is 20.3 Å². The number of nitrogens with zero attached hydrogens (tertiary/aromatic N) is 3. The second-order valence-electron chi connectivity index (χ2n) is 4.00. The smallest absolute Gasteiger partial charge is 0.366 e. The van der Waals surface area contributed by atoms with E-state index < -0.39 is 11.0 Å². The predicted octanol–water partition coefficient (Wildman–Crippen LogP) is 1.51. The number of amides is 1. The average molecular weight is 251 g/mol. The predicted molar refractivity (Wildman–Crippen MR) is 63.6 cm³/mol. The summed E-state index contributed by atoms with van der Waals surface area (Å²) in [6.07, 6.45) is 0.148. The first kappa shape index (κ1) is 12.3. The maximum Gasteiger partial charge on any atom is 0.366 e. The van der Waals surface area contributed by atoms with Gasteiger partial charge in [0.05, 0.1) is 0 Å². The van der Waals surface area contributed by atoms with Gasteiger partial charge in [-0.1, -0.05) is 6.92 Å². The molecule has 0 aliphatic carbocycles. The van der Waals surface area contributed by atoms with Crippen molar-refractivity contribution in [2.24, 2.45) is 0 Å². The van der Waals surface area contributed by atoms with Crippen molar-refractivity contribution in [2.45, 2.75) is 26.4 Å². The fraction of sp³-hybridized carbons (Fsp3) is 0.455. The normalized spacial score (nSPS) is 18.2. The first-order valence-corrected chi connectivity index (χ1v) is 5.68. The molecule has 2 heterocycles. The molecule has 2 rings (SSSR count). The molecule has 0 N–H and O–H groups in total. The van der Waals surface area contributed by atoms with E-state index in [4.69, 9.17) is 4.74 Å². The van der Waals surface area contributed by atoms with Gasteiger partial charge in [0.25, 0.3) is 11.7 Å². The number of hydrogen-bond donors (Lipinski definition) is 0. The Bertz CT molecular complexity index is 503. The number of carbonyl (C=O) groups is 1. The van der Waals surface area contributed by atoms with Crippen molar-refractivity contribution in [2.75, 3.05) is 11.4 Å².